The van der Waals surface area contributed by atoms with E-state index in [9.17, 15) is 9.59 Å². The molecule has 0 unspecified atom stereocenters. The van der Waals surface area contributed by atoms with Crippen LogP contribution in [0.5, 0.6) is 11.5 Å². The summed E-state index contributed by atoms with van der Waals surface area (Å²) in [5.74, 6) is -1.32. The standard InChI is InChI=1S/C16H12O7/c17-15(18)7-21-9-1-3-13-11(5-9)12-6-10(22-8-16(19)20)2-4-14(12)23-13/h1-6H,7-8H2,(H,17,18)(H,19,20). The number of aliphatic carboxylic acids is 2. The van der Waals surface area contributed by atoms with Crippen molar-refractivity contribution in [3.8, 4) is 11.5 Å². The van der Waals surface area contributed by atoms with E-state index in [0.29, 0.717) is 22.7 Å². The summed E-state index contributed by atoms with van der Waals surface area (Å²) in [6, 6.07) is 9.95. The molecule has 0 bridgehead atoms. The monoisotopic (exact) mass is 316 g/mol. The van der Waals surface area contributed by atoms with E-state index in [-0.39, 0.29) is 0 Å². The average molecular weight is 316 g/mol. The van der Waals surface area contributed by atoms with E-state index in [2.05, 4.69) is 0 Å². The van der Waals surface area contributed by atoms with Gasteiger partial charge >= 0.3 is 11.9 Å². The van der Waals surface area contributed by atoms with E-state index < -0.39 is 25.2 Å². The molecule has 0 aliphatic rings. The fourth-order valence-corrected chi connectivity index (χ4v) is 2.21. The van der Waals surface area contributed by atoms with Crippen LogP contribution in [-0.4, -0.2) is 35.4 Å². The van der Waals surface area contributed by atoms with Gasteiger partial charge in [0.2, 0.25) is 0 Å². The zero-order valence-electron chi connectivity index (χ0n) is 11.8. The van der Waals surface area contributed by atoms with Crippen LogP contribution in [-0.2, 0) is 9.59 Å². The quantitative estimate of drug-likeness (QED) is 0.719. The van der Waals surface area contributed by atoms with Gasteiger partial charge in [0, 0.05) is 10.8 Å². The molecule has 0 fully saturated rings. The number of carbonyl (C=O) groups is 2. The van der Waals surface area contributed by atoms with Crippen LogP contribution in [0.4, 0.5) is 0 Å². The lowest BCUT2D eigenvalue weighted by molar-refractivity contribution is -0.140. The maximum Gasteiger partial charge on any atom is 0.341 e. The lowest BCUT2D eigenvalue weighted by Gasteiger charge is -2.03. The number of rotatable bonds is 6. The minimum atomic E-state index is -1.06. The van der Waals surface area contributed by atoms with Gasteiger partial charge in [-0.25, -0.2) is 9.59 Å². The van der Waals surface area contributed by atoms with Crippen molar-refractivity contribution < 1.29 is 33.7 Å². The predicted octanol–water partition coefficient (Wildman–Crippen LogP) is 2.51. The highest BCUT2D eigenvalue weighted by Gasteiger charge is 2.10. The van der Waals surface area contributed by atoms with E-state index in [0.717, 1.165) is 10.8 Å². The molecule has 0 aliphatic heterocycles. The first-order valence-electron chi connectivity index (χ1n) is 6.68. The van der Waals surface area contributed by atoms with E-state index in [4.69, 9.17) is 24.1 Å². The molecule has 0 saturated carbocycles. The fourth-order valence-electron chi connectivity index (χ4n) is 2.21. The van der Waals surface area contributed by atoms with Gasteiger partial charge in [-0.2, -0.15) is 0 Å². The third-order valence-corrected chi connectivity index (χ3v) is 3.14. The molecule has 0 saturated heterocycles. The maximum absolute atomic E-state index is 10.6. The Morgan fingerprint density at radius 1 is 0.826 bits per heavy atom. The number of hydrogen-bond donors (Lipinski definition) is 2. The molecule has 0 radical (unpaired) electrons. The minimum Gasteiger partial charge on any atom is -0.482 e. The Bertz CT molecular complexity index is 822. The molecule has 3 rings (SSSR count). The first kappa shape index (κ1) is 14.7. The Balaban J connectivity index is 1.98. The Morgan fingerprint density at radius 3 is 1.65 bits per heavy atom. The number of ether oxygens (including phenoxy) is 2. The number of carboxylic acids is 2. The van der Waals surface area contributed by atoms with Crippen molar-refractivity contribution in [2.45, 2.75) is 0 Å². The summed E-state index contributed by atoms with van der Waals surface area (Å²) in [6.07, 6.45) is 0. The lowest BCUT2D eigenvalue weighted by atomic mass is 10.1. The van der Waals surface area contributed by atoms with Crippen LogP contribution in [0.3, 0.4) is 0 Å². The van der Waals surface area contributed by atoms with Gasteiger partial charge in [-0.3, -0.25) is 0 Å². The zero-order chi connectivity index (χ0) is 16.4. The fraction of sp³-hybridized carbons (Fsp3) is 0.125. The van der Waals surface area contributed by atoms with E-state index in [1.165, 1.54) is 0 Å². The Morgan fingerprint density at radius 2 is 1.26 bits per heavy atom. The lowest BCUT2D eigenvalue weighted by Crippen LogP contribution is -2.09. The molecule has 7 nitrogen and oxygen atoms in total. The van der Waals surface area contributed by atoms with Crippen LogP contribution in [0, 0.1) is 0 Å². The maximum atomic E-state index is 10.6. The summed E-state index contributed by atoms with van der Waals surface area (Å²) in [6.45, 7) is -0.872. The summed E-state index contributed by atoms with van der Waals surface area (Å²) in [4.78, 5) is 21.1. The van der Waals surface area contributed by atoms with Crippen molar-refractivity contribution in [1.29, 1.82) is 0 Å². The molecule has 23 heavy (non-hydrogen) atoms. The third kappa shape index (κ3) is 3.18. The van der Waals surface area contributed by atoms with Gasteiger partial charge in [0.15, 0.2) is 13.2 Å². The number of hydrogen-bond acceptors (Lipinski definition) is 5. The normalized spacial score (nSPS) is 10.8. The molecule has 0 amide bonds. The summed E-state index contributed by atoms with van der Waals surface area (Å²) in [5.41, 5.74) is 1.22. The van der Waals surface area contributed by atoms with Gasteiger partial charge < -0.3 is 24.1 Å². The molecule has 0 spiro atoms. The van der Waals surface area contributed by atoms with E-state index in [1.807, 2.05) is 0 Å². The van der Waals surface area contributed by atoms with Crippen molar-refractivity contribution in [1.82, 2.24) is 0 Å². The van der Waals surface area contributed by atoms with Crippen LogP contribution in [0.15, 0.2) is 40.8 Å². The molecule has 2 aromatic carbocycles. The third-order valence-electron chi connectivity index (χ3n) is 3.14. The van der Waals surface area contributed by atoms with Crippen molar-refractivity contribution >= 4 is 33.9 Å². The molecule has 0 aliphatic carbocycles. The molecule has 7 heteroatoms. The van der Waals surface area contributed by atoms with Gasteiger partial charge in [-0.1, -0.05) is 0 Å². The van der Waals surface area contributed by atoms with Crippen molar-refractivity contribution in [2.75, 3.05) is 13.2 Å². The van der Waals surface area contributed by atoms with Crippen LogP contribution >= 0.6 is 0 Å². The molecule has 118 valence electrons. The molecular formula is C16H12O7. The molecule has 0 atom stereocenters. The Labute approximate surface area is 129 Å². The van der Waals surface area contributed by atoms with Gasteiger partial charge in [0.05, 0.1) is 0 Å². The van der Waals surface area contributed by atoms with Gasteiger partial charge in [0.25, 0.3) is 0 Å². The van der Waals surface area contributed by atoms with Crippen LogP contribution in [0.25, 0.3) is 21.9 Å². The van der Waals surface area contributed by atoms with E-state index >= 15 is 0 Å². The largest absolute Gasteiger partial charge is 0.482 e. The smallest absolute Gasteiger partial charge is 0.341 e. The second kappa shape index (κ2) is 5.88. The van der Waals surface area contributed by atoms with Gasteiger partial charge in [-0.05, 0) is 36.4 Å². The molecule has 2 N–H and O–H groups in total. The molecule has 1 aromatic heterocycles. The average Bonchev–Trinajstić information content (AvgIpc) is 2.88. The van der Waals surface area contributed by atoms with Crippen molar-refractivity contribution in [3.05, 3.63) is 36.4 Å². The highest BCUT2D eigenvalue weighted by atomic mass is 16.5. The van der Waals surface area contributed by atoms with Crippen LogP contribution in [0.1, 0.15) is 0 Å². The number of benzene rings is 2. The van der Waals surface area contributed by atoms with Gasteiger partial charge in [-0.15, -0.1) is 0 Å². The summed E-state index contributed by atoms with van der Waals surface area (Å²) < 4.78 is 16.0. The van der Waals surface area contributed by atoms with Crippen molar-refractivity contribution in [3.63, 3.8) is 0 Å². The van der Waals surface area contributed by atoms with Crippen LogP contribution < -0.4 is 9.47 Å². The summed E-state index contributed by atoms with van der Waals surface area (Å²) >= 11 is 0. The first-order chi connectivity index (χ1) is 11.0. The van der Waals surface area contributed by atoms with E-state index in [1.54, 1.807) is 36.4 Å². The topological polar surface area (TPSA) is 106 Å². The van der Waals surface area contributed by atoms with Crippen molar-refractivity contribution in [2.24, 2.45) is 0 Å². The summed E-state index contributed by atoms with van der Waals surface area (Å²) in [5, 5.41) is 18.8. The Kier molecular flexibility index (Phi) is 3.76. The predicted molar refractivity (Wildman–Crippen MR) is 80.0 cm³/mol. The highest BCUT2D eigenvalue weighted by molar-refractivity contribution is 6.05. The first-order valence-corrected chi connectivity index (χ1v) is 6.68. The number of furan rings is 1. The number of fused-ring (bicyclic) bond motifs is 3. The van der Waals surface area contributed by atoms with Crippen LogP contribution in [0.2, 0.25) is 0 Å². The molecule has 1 heterocycles. The second-order valence-electron chi connectivity index (χ2n) is 4.78. The molecular weight excluding hydrogens is 304 g/mol. The second-order valence-corrected chi connectivity index (χ2v) is 4.78. The summed E-state index contributed by atoms with van der Waals surface area (Å²) in [7, 11) is 0. The minimum absolute atomic E-state index is 0.402. The zero-order valence-corrected chi connectivity index (χ0v) is 11.8. The SMILES string of the molecule is O=C(O)COc1ccc2oc3ccc(OCC(=O)O)cc3c2c1. The highest BCUT2D eigenvalue weighted by Crippen LogP contribution is 2.33. The molecule has 3 aromatic rings. The Hall–Kier alpha value is -3.22. The number of carboxylic acid groups (broad SMARTS) is 2. The van der Waals surface area contributed by atoms with Gasteiger partial charge in [0.1, 0.15) is 22.7 Å².